The minimum absolute atomic E-state index is 0.121. The van der Waals surface area contributed by atoms with Crippen LogP contribution in [0.4, 0.5) is 0 Å². The Morgan fingerprint density at radius 1 is 0.793 bits per heavy atom. The molecule has 3 aromatic rings. The fraction of sp³-hybridized carbons (Fsp3) is 0.192. The number of hydrogen-bond acceptors (Lipinski definition) is 2. The van der Waals surface area contributed by atoms with Gasteiger partial charge in [0.15, 0.2) is 0 Å². The normalized spacial score (nSPS) is 11.6. The fourth-order valence-corrected chi connectivity index (χ4v) is 3.42. The first-order chi connectivity index (χ1) is 14.2. The van der Waals surface area contributed by atoms with Gasteiger partial charge < -0.3 is 9.84 Å². The number of carbonyl (C=O) groups is 1. The van der Waals surface area contributed by atoms with Gasteiger partial charge in [0.05, 0.1) is 6.61 Å². The van der Waals surface area contributed by atoms with E-state index in [0.29, 0.717) is 13.0 Å². The van der Waals surface area contributed by atoms with Gasteiger partial charge in [0, 0.05) is 6.42 Å². The zero-order valence-electron chi connectivity index (χ0n) is 16.7. The molecule has 1 N–H and O–H groups in total. The van der Waals surface area contributed by atoms with Crippen LogP contribution in [0.5, 0.6) is 5.75 Å². The predicted octanol–water partition coefficient (Wildman–Crippen LogP) is 6.30. The van der Waals surface area contributed by atoms with Crippen LogP contribution in [0.25, 0.3) is 11.1 Å². The van der Waals surface area contributed by atoms with Gasteiger partial charge in [-0.3, -0.25) is 4.79 Å². The minimum Gasteiger partial charge on any atom is -0.494 e. The van der Waals surface area contributed by atoms with E-state index < -0.39 is 5.97 Å². The monoisotopic (exact) mass is 386 g/mol. The first-order valence-electron chi connectivity index (χ1n) is 9.98. The molecule has 0 unspecified atom stereocenters. The highest BCUT2D eigenvalue weighted by Gasteiger charge is 2.13. The topological polar surface area (TPSA) is 46.5 Å². The molecule has 3 heteroatoms. The lowest BCUT2D eigenvalue weighted by atomic mass is 9.88. The molecule has 0 aliphatic rings. The Kier molecular flexibility index (Phi) is 7.23. The van der Waals surface area contributed by atoms with Gasteiger partial charge in [-0.1, -0.05) is 79.7 Å². The minimum atomic E-state index is -0.797. The molecule has 0 bridgehead atoms. The maximum atomic E-state index is 10.6. The number of benzene rings is 3. The van der Waals surface area contributed by atoms with Crippen molar-refractivity contribution in [3.05, 3.63) is 102 Å². The van der Waals surface area contributed by atoms with Crippen molar-refractivity contribution in [2.75, 3.05) is 6.61 Å². The van der Waals surface area contributed by atoms with Crippen LogP contribution < -0.4 is 4.74 Å². The highest BCUT2D eigenvalue weighted by Crippen LogP contribution is 2.34. The SMILES string of the molecule is CC/C(=C(\c1ccccc1)c1ccc(OCCCC(=O)O)cc1)c1ccccc1. The van der Waals surface area contributed by atoms with Crippen LogP contribution in [0.1, 0.15) is 42.9 Å². The smallest absolute Gasteiger partial charge is 0.303 e. The summed E-state index contributed by atoms with van der Waals surface area (Å²) in [6.07, 6.45) is 1.54. The van der Waals surface area contributed by atoms with Crippen molar-refractivity contribution >= 4 is 17.1 Å². The second kappa shape index (κ2) is 10.3. The van der Waals surface area contributed by atoms with Crippen molar-refractivity contribution < 1.29 is 14.6 Å². The zero-order valence-corrected chi connectivity index (χ0v) is 16.7. The number of rotatable bonds is 9. The van der Waals surface area contributed by atoms with Gasteiger partial charge in [-0.25, -0.2) is 0 Å². The van der Waals surface area contributed by atoms with E-state index in [9.17, 15) is 4.79 Å². The Morgan fingerprint density at radius 3 is 1.90 bits per heavy atom. The number of carboxylic acid groups (broad SMARTS) is 1. The van der Waals surface area contributed by atoms with Crippen molar-refractivity contribution in [3.8, 4) is 5.75 Å². The maximum Gasteiger partial charge on any atom is 0.303 e. The largest absolute Gasteiger partial charge is 0.494 e. The third-order valence-corrected chi connectivity index (χ3v) is 4.79. The van der Waals surface area contributed by atoms with Gasteiger partial charge in [-0.2, -0.15) is 0 Å². The third-order valence-electron chi connectivity index (χ3n) is 4.79. The van der Waals surface area contributed by atoms with Crippen molar-refractivity contribution in [2.24, 2.45) is 0 Å². The summed E-state index contributed by atoms with van der Waals surface area (Å²) >= 11 is 0. The van der Waals surface area contributed by atoms with E-state index in [1.807, 2.05) is 24.3 Å². The van der Waals surface area contributed by atoms with Crippen molar-refractivity contribution in [1.29, 1.82) is 0 Å². The zero-order chi connectivity index (χ0) is 20.5. The van der Waals surface area contributed by atoms with Gasteiger partial charge in [-0.15, -0.1) is 0 Å². The molecule has 3 nitrogen and oxygen atoms in total. The highest BCUT2D eigenvalue weighted by atomic mass is 16.5. The summed E-state index contributed by atoms with van der Waals surface area (Å²) in [6.45, 7) is 2.59. The number of hydrogen-bond donors (Lipinski definition) is 1. The molecule has 0 aliphatic carbocycles. The Labute approximate surface area is 172 Å². The summed E-state index contributed by atoms with van der Waals surface area (Å²) in [5.41, 5.74) is 6.06. The molecule has 29 heavy (non-hydrogen) atoms. The summed E-state index contributed by atoms with van der Waals surface area (Å²) in [7, 11) is 0. The van der Waals surface area contributed by atoms with Crippen LogP contribution in [0.15, 0.2) is 84.9 Å². The molecule has 3 rings (SSSR count). The van der Waals surface area contributed by atoms with Crippen LogP contribution in [0.2, 0.25) is 0 Å². The van der Waals surface area contributed by atoms with E-state index in [4.69, 9.17) is 9.84 Å². The van der Waals surface area contributed by atoms with E-state index in [2.05, 4.69) is 67.6 Å². The standard InChI is InChI=1S/C26H26O3/c1-2-24(20-10-5-3-6-11-20)26(21-12-7-4-8-13-21)22-15-17-23(18-16-22)29-19-9-14-25(27)28/h3-8,10-13,15-18H,2,9,14,19H2,1H3,(H,27,28)/b26-24-. The summed E-state index contributed by atoms with van der Waals surface area (Å²) in [5.74, 6) is -0.0427. The lowest BCUT2D eigenvalue weighted by Crippen LogP contribution is -2.02. The molecule has 0 atom stereocenters. The summed E-state index contributed by atoms with van der Waals surface area (Å²) in [4.78, 5) is 10.6. The first-order valence-corrected chi connectivity index (χ1v) is 9.98. The van der Waals surface area contributed by atoms with Crippen LogP contribution in [0.3, 0.4) is 0 Å². The molecule has 0 heterocycles. The Morgan fingerprint density at radius 2 is 1.34 bits per heavy atom. The van der Waals surface area contributed by atoms with Crippen molar-refractivity contribution in [2.45, 2.75) is 26.2 Å². The third kappa shape index (κ3) is 5.58. The number of carboxylic acids is 1. The first kappa shape index (κ1) is 20.4. The predicted molar refractivity (Wildman–Crippen MR) is 118 cm³/mol. The molecule has 3 aromatic carbocycles. The van der Waals surface area contributed by atoms with Gasteiger partial charge in [0.1, 0.15) is 5.75 Å². The molecule has 0 amide bonds. The second-order valence-electron chi connectivity index (χ2n) is 6.81. The van der Waals surface area contributed by atoms with Gasteiger partial charge in [-0.05, 0) is 52.8 Å². The average Bonchev–Trinajstić information content (AvgIpc) is 2.76. The summed E-state index contributed by atoms with van der Waals surface area (Å²) in [6, 6.07) is 29.0. The molecular formula is C26H26O3. The van der Waals surface area contributed by atoms with Gasteiger partial charge >= 0.3 is 5.97 Å². The van der Waals surface area contributed by atoms with Crippen molar-refractivity contribution in [3.63, 3.8) is 0 Å². The number of allylic oxidation sites excluding steroid dienone is 1. The Bertz CT molecular complexity index is 942. The molecule has 0 spiro atoms. The quantitative estimate of drug-likeness (QED) is 0.347. The van der Waals surface area contributed by atoms with Gasteiger partial charge in [0.2, 0.25) is 0 Å². The number of aliphatic carboxylic acids is 1. The van der Waals surface area contributed by atoms with E-state index in [-0.39, 0.29) is 6.42 Å². The summed E-state index contributed by atoms with van der Waals surface area (Å²) in [5, 5.41) is 8.73. The lowest BCUT2D eigenvalue weighted by molar-refractivity contribution is -0.137. The molecular weight excluding hydrogens is 360 g/mol. The van der Waals surface area contributed by atoms with E-state index in [0.717, 1.165) is 17.7 Å². The van der Waals surface area contributed by atoms with E-state index in [1.165, 1.54) is 22.3 Å². The maximum absolute atomic E-state index is 10.6. The highest BCUT2D eigenvalue weighted by molar-refractivity contribution is 5.98. The second-order valence-corrected chi connectivity index (χ2v) is 6.81. The molecule has 0 saturated heterocycles. The molecule has 0 aliphatic heterocycles. The summed E-state index contributed by atoms with van der Waals surface area (Å²) < 4.78 is 5.69. The van der Waals surface area contributed by atoms with Crippen LogP contribution >= 0.6 is 0 Å². The van der Waals surface area contributed by atoms with Crippen LogP contribution in [-0.2, 0) is 4.79 Å². The van der Waals surface area contributed by atoms with E-state index >= 15 is 0 Å². The Balaban J connectivity index is 1.93. The van der Waals surface area contributed by atoms with Crippen LogP contribution in [0, 0.1) is 0 Å². The molecule has 0 radical (unpaired) electrons. The fourth-order valence-electron chi connectivity index (χ4n) is 3.42. The van der Waals surface area contributed by atoms with Crippen molar-refractivity contribution in [1.82, 2.24) is 0 Å². The lowest BCUT2D eigenvalue weighted by Gasteiger charge is -2.17. The average molecular weight is 386 g/mol. The van der Waals surface area contributed by atoms with Crippen LogP contribution in [-0.4, -0.2) is 17.7 Å². The number of ether oxygens (including phenoxy) is 1. The molecule has 0 fully saturated rings. The molecule has 148 valence electrons. The molecule has 0 aromatic heterocycles. The molecule has 0 saturated carbocycles. The van der Waals surface area contributed by atoms with Gasteiger partial charge in [0.25, 0.3) is 0 Å². The Hall–Kier alpha value is -3.33. The van der Waals surface area contributed by atoms with E-state index in [1.54, 1.807) is 0 Å².